The molecule has 0 aliphatic heterocycles. The molecule has 0 saturated heterocycles. The first-order chi connectivity index (χ1) is 19.5. The Morgan fingerprint density at radius 3 is 2.55 bits per heavy atom. The van der Waals surface area contributed by atoms with E-state index in [9.17, 15) is 9.90 Å². The molecule has 0 unspecified atom stereocenters. The lowest BCUT2D eigenvalue weighted by Crippen LogP contribution is -2.31. The highest BCUT2D eigenvalue weighted by atomic mass is 16.4. The van der Waals surface area contributed by atoms with Crippen molar-refractivity contribution in [1.82, 2.24) is 0 Å². The highest BCUT2D eigenvalue weighted by Crippen LogP contribution is 2.50. The van der Waals surface area contributed by atoms with Crippen molar-refractivity contribution in [2.75, 3.05) is 32.8 Å². The summed E-state index contributed by atoms with van der Waals surface area (Å²) >= 11 is 0. The molecular weight excluding hydrogens is 384 g/mol. The molecule has 0 aromatic heterocycles. The molecule has 2 aromatic carbocycles. The number of carboxylic acid groups (broad SMARTS) is 1. The van der Waals surface area contributed by atoms with E-state index in [0.717, 1.165) is 0 Å². The fourth-order valence-corrected chi connectivity index (χ4v) is 4.27. The summed E-state index contributed by atoms with van der Waals surface area (Å²) in [7, 11) is 0. The van der Waals surface area contributed by atoms with Gasteiger partial charge in [-0.2, -0.15) is 0 Å². The molecule has 0 atom stereocenters. The number of fused-ring (bicyclic) bond motifs is 2. The van der Waals surface area contributed by atoms with E-state index < -0.39 is 39.3 Å². The van der Waals surface area contributed by atoms with Gasteiger partial charge in [-0.1, -0.05) is 44.2 Å². The number of allylic oxidation sites excluding steroid dienone is 5. The van der Waals surface area contributed by atoms with Gasteiger partial charge in [0.1, 0.15) is 14.0 Å². The zero-order chi connectivity index (χ0) is 32.5. The summed E-state index contributed by atoms with van der Waals surface area (Å²) < 4.78 is 95.0. The van der Waals surface area contributed by atoms with Gasteiger partial charge >= 0.3 is 0 Å². The Hall–Kier alpha value is -3.40. The lowest BCUT2D eigenvalue weighted by atomic mass is 9.64. The van der Waals surface area contributed by atoms with Crippen molar-refractivity contribution >= 4 is 22.9 Å². The van der Waals surface area contributed by atoms with Crippen molar-refractivity contribution < 1.29 is 30.9 Å². The molecule has 0 saturated carbocycles. The van der Waals surface area contributed by atoms with E-state index in [1.165, 1.54) is 48.6 Å². The van der Waals surface area contributed by atoms with Gasteiger partial charge in [-0.15, -0.1) is 0 Å². The van der Waals surface area contributed by atoms with Crippen molar-refractivity contribution in [2.45, 2.75) is 19.3 Å². The first-order valence-corrected chi connectivity index (χ1v) is 9.55. The van der Waals surface area contributed by atoms with Crippen LogP contribution in [-0.2, 0) is 5.41 Å². The second-order valence-electron chi connectivity index (χ2n) is 7.96. The fourth-order valence-electron chi connectivity index (χ4n) is 4.27. The molecule has 4 heteroatoms. The highest BCUT2D eigenvalue weighted by Gasteiger charge is 2.39. The number of hydrogen-bond acceptors (Lipinski definition) is 3. The van der Waals surface area contributed by atoms with Crippen LogP contribution in [0.25, 0.3) is 5.57 Å². The van der Waals surface area contributed by atoms with Gasteiger partial charge in [0, 0.05) is 51.0 Å². The topological polar surface area (TPSA) is 46.4 Å². The zero-order valence-corrected chi connectivity index (χ0v) is 17.0. The highest BCUT2D eigenvalue weighted by molar-refractivity contribution is 6.08. The number of benzene rings is 2. The van der Waals surface area contributed by atoms with Crippen molar-refractivity contribution in [3.05, 3.63) is 94.1 Å². The lowest BCUT2D eigenvalue weighted by Gasteiger charge is -2.39. The standard InChI is InChI=1S/C27H28N2O2/c1-27(2)23-15-17(28(3)4)11-13-21(23)25(19-9-7-8-10-20(19)26(30)31)22-14-12-18(29(5)6)16-24(22)27/h7-16H,1-6H3/i3D3,4D3,5D3,6D3. The molecule has 0 radical (unpaired) electrons. The summed E-state index contributed by atoms with van der Waals surface area (Å²) in [5.41, 5.74) is 0.858. The van der Waals surface area contributed by atoms with Crippen molar-refractivity contribution in [2.24, 2.45) is 0 Å². The van der Waals surface area contributed by atoms with Gasteiger partial charge in [-0.3, -0.25) is 0 Å². The van der Waals surface area contributed by atoms with Crippen LogP contribution in [0, 0.1) is 0 Å². The first kappa shape index (κ1) is 10.8. The quantitative estimate of drug-likeness (QED) is 0.710. The molecular formula is C27H28N2O2. The van der Waals surface area contributed by atoms with E-state index in [2.05, 4.69) is 0 Å². The van der Waals surface area contributed by atoms with E-state index in [4.69, 9.17) is 16.4 Å². The normalized spacial score (nSPS) is 23.8. The molecule has 2 aliphatic rings. The van der Waals surface area contributed by atoms with Crippen molar-refractivity contribution in [1.29, 1.82) is 0 Å². The summed E-state index contributed by atoms with van der Waals surface area (Å²) in [5, 5.41) is 12.2. The predicted octanol–water partition coefficient (Wildman–Crippen LogP) is 3.42. The molecule has 0 N–H and O–H groups in total. The van der Waals surface area contributed by atoms with Crippen LogP contribution in [0.2, 0.25) is 0 Å². The Morgan fingerprint density at radius 2 is 1.84 bits per heavy atom. The maximum Gasteiger partial charge on any atom is 0.199 e. The number of aromatic carboxylic acids is 1. The third kappa shape index (κ3) is 3.32. The number of carbonyl (C=O) groups is 1. The maximum absolute atomic E-state index is 12.2. The number of carbonyl (C=O) groups excluding carboxylic acids is 1. The number of rotatable bonds is 3. The third-order valence-corrected chi connectivity index (χ3v) is 5.82. The Labute approximate surface area is 201 Å². The number of carboxylic acids is 1. The van der Waals surface area contributed by atoms with Gasteiger partial charge in [-0.05, 0) is 51.6 Å². The number of anilines is 1. The molecule has 31 heavy (non-hydrogen) atoms. The Bertz CT molecular complexity index is 1590. The number of hydrogen-bond donors (Lipinski definition) is 0. The molecule has 0 bridgehead atoms. The summed E-state index contributed by atoms with van der Waals surface area (Å²) in [6, 6.07) is 10.3. The monoisotopic (exact) mass is 424 g/mol. The van der Waals surface area contributed by atoms with Crippen LogP contribution in [0.4, 0.5) is 5.69 Å². The number of nitrogens with zero attached hydrogens (tertiary/aromatic N) is 2. The average molecular weight is 425 g/mol. The van der Waals surface area contributed by atoms with Gasteiger partial charge in [0.15, 0.2) is 5.71 Å². The second kappa shape index (κ2) is 7.38. The van der Waals surface area contributed by atoms with E-state index in [0.29, 0.717) is 37.3 Å². The smallest absolute Gasteiger partial charge is 0.199 e. The van der Waals surface area contributed by atoms with Crippen LogP contribution in [-0.4, -0.2) is 44.2 Å². The lowest BCUT2D eigenvalue weighted by molar-refractivity contribution is -0.462. The summed E-state index contributed by atoms with van der Waals surface area (Å²) in [5.74, 6) is -1.46. The van der Waals surface area contributed by atoms with Gasteiger partial charge in [0.25, 0.3) is 0 Å². The van der Waals surface area contributed by atoms with Gasteiger partial charge in [0.2, 0.25) is 0 Å². The van der Waals surface area contributed by atoms with Gasteiger partial charge in [0.05, 0.1) is 14.2 Å². The first-order valence-electron chi connectivity index (χ1n) is 15.6. The molecule has 4 nitrogen and oxygen atoms in total. The summed E-state index contributed by atoms with van der Waals surface area (Å²) in [4.78, 5) is 12.5. The van der Waals surface area contributed by atoms with E-state index in [-0.39, 0.29) is 22.5 Å². The van der Waals surface area contributed by atoms with Crippen LogP contribution in [0.1, 0.15) is 57.3 Å². The third-order valence-electron chi connectivity index (χ3n) is 5.82. The minimum atomic E-state index is -3.04. The minimum Gasteiger partial charge on any atom is -0.545 e. The van der Waals surface area contributed by atoms with Crippen LogP contribution in [0.3, 0.4) is 0 Å². The Morgan fingerprint density at radius 1 is 1.06 bits per heavy atom. The Balaban J connectivity index is 2.16. The molecule has 158 valence electrons. The van der Waals surface area contributed by atoms with Gasteiger partial charge in [-0.25, -0.2) is 4.58 Å². The van der Waals surface area contributed by atoms with Crippen LogP contribution < -0.4 is 10.0 Å². The summed E-state index contributed by atoms with van der Waals surface area (Å²) in [6.45, 7) is -8.70. The van der Waals surface area contributed by atoms with E-state index >= 15 is 0 Å². The Kier molecular flexibility index (Phi) is 2.56. The second-order valence-corrected chi connectivity index (χ2v) is 7.96. The van der Waals surface area contributed by atoms with Crippen molar-refractivity contribution in [3.8, 4) is 0 Å². The molecule has 2 aliphatic carbocycles. The van der Waals surface area contributed by atoms with E-state index in [1.807, 2.05) is 0 Å². The predicted molar refractivity (Wildman–Crippen MR) is 125 cm³/mol. The van der Waals surface area contributed by atoms with Crippen LogP contribution in [0.5, 0.6) is 0 Å². The van der Waals surface area contributed by atoms with E-state index in [1.54, 1.807) is 26.0 Å². The van der Waals surface area contributed by atoms with Crippen LogP contribution >= 0.6 is 0 Å². The van der Waals surface area contributed by atoms with Gasteiger partial charge < -0.3 is 14.8 Å². The average Bonchev–Trinajstić information content (AvgIpc) is 2.81. The molecule has 2 aromatic rings. The molecule has 0 fully saturated rings. The SMILES string of the molecule is [2H]C([2H])([2H])N(c1ccc2c(c1)C(C)(C)C1=CC(=[N+](C([2H])([2H])[2H])C([2H])([2H])[2H])C=CC1=C2c1ccccc1C(=O)[O-])C([2H])([2H])[2H]. The minimum absolute atomic E-state index is 0.148. The maximum atomic E-state index is 12.2. The molecule has 0 heterocycles. The largest absolute Gasteiger partial charge is 0.545 e. The fraction of sp³-hybridized carbons (Fsp3) is 0.259. The molecule has 0 spiro atoms. The van der Waals surface area contributed by atoms with Crippen molar-refractivity contribution in [3.63, 3.8) is 0 Å². The molecule has 4 rings (SSSR count). The summed E-state index contributed by atoms with van der Waals surface area (Å²) in [6.07, 6.45) is 4.25. The zero-order valence-electron chi connectivity index (χ0n) is 29.0. The van der Waals surface area contributed by atoms with Crippen LogP contribution in [0.15, 0.2) is 71.8 Å². The molecule has 0 amide bonds.